The van der Waals surface area contributed by atoms with Crippen molar-refractivity contribution in [2.75, 3.05) is 11.9 Å². The molecule has 0 heterocycles. The zero-order valence-electron chi connectivity index (χ0n) is 10.5. The lowest BCUT2D eigenvalue weighted by molar-refractivity contribution is 0.626. The van der Waals surface area contributed by atoms with Crippen molar-refractivity contribution in [2.45, 2.75) is 12.3 Å². The van der Waals surface area contributed by atoms with Crippen LogP contribution in [0.3, 0.4) is 0 Å². The van der Waals surface area contributed by atoms with E-state index in [1.165, 1.54) is 11.6 Å². The minimum Gasteiger partial charge on any atom is -0.344 e. The number of aryl methyl sites for hydroxylation is 1. The number of hydrogen-bond donors (Lipinski definition) is 0. The lowest BCUT2D eigenvalue weighted by Crippen LogP contribution is -2.11. The lowest BCUT2D eigenvalue weighted by Gasteiger charge is -2.22. The van der Waals surface area contributed by atoms with Crippen molar-refractivity contribution < 1.29 is 4.39 Å². The summed E-state index contributed by atoms with van der Waals surface area (Å²) >= 11 is 3.40. The van der Waals surface area contributed by atoms with Crippen LogP contribution in [0, 0.1) is 12.7 Å². The smallest absolute Gasteiger partial charge is 0.123 e. The quantitative estimate of drug-likeness (QED) is 0.736. The molecule has 0 aliphatic heterocycles. The minimum atomic E-state index is -0.203. The molecule has 94 valence electrons. The number of benzene rings is 2. The molecule has 0 aromatic heterocycles. The number of anilines is 2. The highest BCUT2D eigenvalue weighted by atomic mass is 79.9. The van der Waals surface area contributed by atoms with Crippen molar-refractivity contribution >= 4 is 27.3 Å². The first-order valence-electron chi connectivity index (χ1n) is 5.76. The van der Waals surface area contributed by atoms with Gasteiger partial charge in [-0.2, -0.15) is 0 Å². The third-order valence-electron chi connectivity index (χ3n) is 2.94. The summed E-state index contributed by atoms with van der Waals surface area (Å²) in [6.07, 6.45) is 0. The van der Waals surface area contributed by atoms with Crippen molar-refractivity contribution in [3.8, 4) is 0 Å². The molecular formula is C15H15BrFN. The molecule has 3 heteroatoms. The fourth-order valence-electron chi connectivity index (χ4n) is 1.96. The van der Waals surface area contributed by atoms with E-state index >= 15 is 0 Å². The van der Waals surface area contributed by atoms with E-state index in [9.17, 15) is 4.39 Å². The maximum Gasteiger partial charge on any atom is 0.123 e. The molecule has 18 heavy (non-hydrogen) atoms. The topological polar surface area (TPSA) is 3.24 Å². The Labute approximate surface area is 115 Å². The summed E-state index contributed by atoms with van der Waals surface area (Å²) < 4.78 is 13.2. The summed E-state index contributed by atoms with van der Waals surface area (Å²) in [5, 5.41) is 0.635. The van der Waals surface area contributed by atoms with Gasteiger partial charge in [-0.15, -0.1) is 0 Å². The van der Waals surface area contributed by atoms with Crippen LogP contribution < -0.4 is 4.90 Å². The molecule has 2 rings (SSSR count). The first-order valence-corrected chi connectivity index (χ1v) is 6.89. The van der Waals surface area contributed by atoms with E-state index in [0.717, 1.165) is 16.9 Å². The van der Waals surface area contributed by atoms with Crippen LogP contribution in [0.4, 0.5) is 15.8 Å². The molecule has 0 amide bonds. The van der Waals surface area contributed by atoms with Crippen LogP contribution >= 0.6 is 15.9 Å². The van der Waals surface area contributed by atoms with E-state index in [0.29, 0.717) is 5.33 Å². The van der Waals surface area contributed by atoms with Gasteiger partial charge in [-0.05, 0) is 48.4 Å². The van der Waals surface area contributed by atoms with Gasteiger partial charge in [0.25, 0.3) is 0 Å². The fourth-order valence-corrected chi connectivity index (χ4v) is 2.41. The Hall–Kier alpha value is -1.35. The van der Waals surface area contributed by atoms with Crippen molar-refractivity contribution in [2.24, 2.45) is 0 Å². The Morgan fingerprint density at radius 2 is 1.94 bits per heavy atom. The van der Waals surface area contributed by atoms with Gasteiger partial charge in [-0.3, -0.25) is 0 Å². The SMILES string of the molecule is Cc1cccc(N(C)c2ccc(F)cc2CBr)c1. The van der Waals surface area contributed by atoms with Gasteiger partial charge >= 0.3 is 0 Å². The second-order valence-corrected chi connectivity index (χ2v) is 4.87. The van der Waals surface area contributed by atoms with Gasteiger partial charge < -0.3 is 4.90 Å². The highest BCUT2D eigenvalue weighted by molar-refractivity contribution is 9.08. The van der Waals surface area contributed by atoms with Gasteiger partial charge in [-0.1, -0.05) is 28.1 Å². The van der Waals surface area contributed by atoms with Gasteiger partial charge in [0, 0.05) is 23.8 Å². The Morgan fingerprint density at radius 1 is 1.17 bits per heavy atom. The number of rotatable bonds is 3. The predicted molar refractivity (Wildman–Crippen MR) is 78.3 cm³/mol. The maximum atomic E-state index is 13.2. The van der Waals surface area contributed by atoms with E-state index in [1.54, 1.807) is 6.07 Å². The molecule has 2 aromatic rings. The predicted octanol–water partition coefficient (Wildman–Crippen LogP) is 4.80. The van der Waals surface area contributed by atoms with E-state index in [1.807, 2.05) is 25.2 Å². The summed E-state index contributed by atoms with van der Waals surface area (Å²) in [6, 6.07) is 13.1. The summed E-state index contributed by atoms with van der Waals surface area (Å²) in [5.74, 6) is -0.203. The highest BCUT2D eigenvalue weighted by Crippen LogP contribution is 2.29. The Bertz CT molecular complexity index is 554. The van der Waals surface area contributed by atoms with E-state index in [-0.39, 0.29) is 5.82 Å². The molecule has 0 spiro atoms. The number of hydrogen-bond acceptors (Lipinski definition) is 1. The molecule has 0 fully saturated rings. The second kappa shape index (κ2) is 5.53. The van der Waals surface area contributed by atoms with Crippen LogP contribution in [0.15, 0.2) is 42.5 Å². The third kappa shape index (κ3) is 2.72. The summed E-state index contributed by atoms with van der Waals surface area (Å²) in [6.45, 7) is 2.06. The Kier molecular flexibility index (Phi) is 4.02. The van der Waals surface area contributed by atoms with Crippen LogP contribution in [0.1, 0.15) is 11.1 Å². The summed E-state index contributed by atoms with van der Waals surface area (Å²) in [4.78, 5) is 2.07. The van der Waals surface area contributed by atoms with Crippen molar-refractivity contribution in [1.29, 1.82) is 0 Å². The molecule has 0 N–H and O–H groups in total. The zero-order valence-corrected chi connectivity index (χ0v) is 12.0. The molecule has 0 aliphatic carbocycles. The highest BCUT2D eigenvalue weighted by Gasteiger charge is 2.09. The first-order chi connectivity index (χ1) is 8.61. The molecule has 0 saturated carbocycles. The van der Waals surface area contributed by atoms with Crippen LogP contribution in [0.5, 0.6) is 0 Å². The largest absolute Gasteiger partial charge is 0.344 e. The van der Waals surface area contributed by atoms with Crippen LogP contribution in [-0.4, -0.2) is 7.05 Å². The summed E-state index contributed by atoms with van der Waals surface area (Å²) in [7, 11) is 1.99. The van der Waals surface area contributed by atoms with E-state index < -0.39 is 0 Å². The fraction of sp³-hybridized carbons (Fsp3) is 0.200. The average Bonchev–Trinajstić information content (AvgIpc) is 2.37. The molecule has 1 nitrogen and oxygen atoms in total. The van der Waals surface area contributed by atoms with Crippen LogP contribution in [0.2, 0.25) is 0 Å². The Morgan fingerprint density at radius 3 is 2.61 bits per heavy atom. The molecule has 2 aromatic carbocycles. The minimum absolute atomic E-state index is 0.203. The number of alkyl halides is 1. The van der Waals surface area contributed by atoms with Gasteiger partial charge in [0.2, 0.25) is 0 Å². The summed E-state index contributed by atoms with van der Waals surface area (Å²) in [5.41, 5.74) is 4.27. The van der Waals surface area contributed by atoms with Gasteiger partial charge in [-0.25, -0.2) is 4.39 Å². The molecule has 0 atom stereocenters. The molecule has 0 bridgehead atoms. The first kappa shape index (κ1) is 13.1. The van der Waals surface area contributed by atoms with E-state index in [4.69, 9.17) is 0 Å². The monoisotopic (exact) mass is 307 g/mol. The molecule has 0 unspecified atom stereocenters. The van der Waals surface area contributed by atoms with E-state index in [2.05, 4.69) is 39.9 Å². The normalized spacial score (nSPS) is 10.4. The van der Waals surface area contributed by atoms with Crippen molar-refractivity contribution in [3.05, 3.63) is 59.4 Å². The third-order valence-corrected chi connectivity index (χ3v) is 3.54. The van der Waals surface area contributed by atoms with Gasteiger partial charge in [0.05, 0.1) is 0 Å². The Balaban J connectivity index is 2.42. The maximum absolute atomic E-state index is 13.2. The molecule has 0 radical (unpaired) electrons. The average molecular weight is 308 g/mol. The van der Waals surface area contributed by atoms with Gasteiger partial charge in [0.1, 0.15) is 5.82 Å². The molecule has 0 saturated heterocycles. The molecule has 0 aliphatic rings. The lowest BCUT2D eigenvalue weighted by atomic mass is 10.1. The van der Waals surface area contributed by atoms with Crippen molar-refractivity contribution in [3.63, 3.8) is 0 Å². The molecular weight excluding hydrogens is 293 g/mol. The number of halogens is 2. The van der Waals surface area contributed by atoms with Gasteiger partial charge in [0.15, 0.2) is 0 Å². The standard InChI is InChI=1S/C15H15BrFN/c1-11-4-3-5-14(8-11)18(2)15-7-6-13(17)9-12(15)10-16/h3-9H,10H2,1-2H3. The number of nitrogens with zero attached hydrogens (tertiary/aromatic N) is 1. The van der Waals surface area contributed by atoms with Crippen LogP contribution in [0.25, 0.3) is 0 Å². The van der Waals surface area contributed by atoms with Crippen LogP contribution in [-0.2, 0) is 5.33 Å². The second-order valence-electron chi connectivity index (χ2n) is 4.30. The zero-order chi connectivity index (χ0) is 13.1. The van der Waals surface area contributed by atoms with Crippen molar-refractivity contribution in [1.82, 2.24) is 0 Å².